The monoisotopic (exact) mass is 549 g/mol. The van der Waals surface area contributed by atoms with Crippen molar-refractivity contribution in [2.45, 2.75) is 59.2 Å². The molecule has 0 saturated heterocycles. The maximum absolute atomic E-state index is 4.53. The summed E-state index contributed by atoms with van der Waals surface area (Å²) in [6.07, 6.45) is 6.97. The van der Waals surface area contributed by atoms with Gasteiger partial charge in [0.05, 0.1) is 12.2 Å². The molecular weight excluding hydrogens is 513 g/mol. The summed E-state index contributed by atoms with van der Waals surface area (Å²) in [5, 5.41) is 11.4. The van der Waals surface area contributed by atoms with Crippen molar-refractivity contribution in [1.82, 2.24) is 30.0 Å². The topological polar surface area (TPSA) is 72.1 Å². The van der Waals surface area contributed by atoms with Crippen LogP contribution in [0, 0.1) is 13.8 Å². The second kappa shape index (κ2) is 12.6. The molecule has 2 heterocycles. The van der Waals surface area contributed by atoms with Crippen LogP contribution in [-0.4, -0.2) is 38.4 Å². The molecule has 3 rings (SSSR count). The highest BCUT2D eigenvalue weighted by Gasteiger charge is 2.14. The van der Waals surface area contributed by atoms with E-state index in [9.17, 15) is 0 Å². The molecule has 0 fully saturated rings. The molecule has 7 nitrogen and oxygen atoms in total. The number of benzene rings is 1. The Labute approximate surface area is 208 Å². The first-order chi connectivity index (χ1) is 15.0. The summed E-state index contributed by atoms with van der Waals surface area (Å²) in [5.41, 5.74) is 4.98. The van der Waals surface area contributed by atoms with Gasteiger partial charge in [0.15, 0.2) is 5.96 Å². The Hall–Kier alpha value is -2.36. The zero-order valence-electron chi connectivity index (χ0n) is 19.8. The smallest absolute Gasteiger partial charge is 0.191 e. The van der Waals surface area contributed by atoms with Crippen LogP contribution in [0.2, 0.25) is 0 Å². The van der Waals surface area contributed by atoms with E-state index in [0.717, 1.165) is 43.3 Å². The van der Waals surface area contributed by atoms with Crippen LogP contribution in [0.3, 0.4) is 0 Å². The van der Waals surface area contributed by atoms with Crippen LogP contribution in [0.4, 0.5) is 0 Å². The van der Waals surface area contributed by atoms with Crippen molar-refractivity contribution in [3.63, 3.8) is 0 Å². The molecule has 1 atom stereocenters. The highest BCUT2D eigenvalue weighted by molar-refractivity contribution is 14.0. The van der Waals surface area contributed by atoms with Crippen LogP contribution in [0.5, 0.6) is 0 Å². The summed E-state index contributed by atoms with van der Waals surface area (Å²) in [4.78, 5) is 8.91. The van der Waals surface area contributed by atoms with Gasteiger partial charge in [-0.1, -0.05) is 30.3 Å². The molecule has 2 N–H and O–H groups in total. The van der Waals surface area contributed by atoms with Crippen LogP contribution < -0.4 is 10.6 Å². The number of nitrogens with one attached hydrogen (secondary N) is 2. The summed E-state index contributed by atoms with van der Waals surface area (Å²) in [6, 6.07) is 10.8. The molecule has 1 aromatic carbocycles. The summed E-state index contributed by atoms with van der Waals surface area (Å²) in [5.74, 6) is 1.80. The Morgan fingerprint density at radius 3 is 2.59 bits per heavy atom. The first-order valence-corrected chi connectivity index (χ1v) is 11.0. The van der Waals surface area contributed by atoms with Crippen LogP contribution >= 0.6 is 24.0 Å². The average Bonchev–Trinajstić information content (AvgIpc) is 3.31. The van der Waals surface area contributed by atoms with Gasteiger partial charge in [0.1, 0.15) is 5.82 Å². The number of guanidine groups is 1. The van der Waals surface area contributed by atoms with Gasteiger partial charge in [-0.05, 0) is 51.2 Å². The van der Waals surface area contributed by atoms with Gasteiger partial charge < -0.3 is 15.2 Å². The van der Waals surface area contributed by atoms with Gasteiger partial charge in [0.2, 0.25) is 0 Å². The third-order valence-electron chi connectivity index (χ3n) is 5.70. The van der Waals surface area contributed by atoms with Gasteiger partial charge in [0.25, 0.3) is 0 Å². The molecule has 2 aromatic heterocycles. The fourth-order valence-electron chi connectivity index (χ4n) is 3.87. The second-order valence-corrected chi connectivity index (χ2v) is 8.07. The average molecular weight is 550 g/mol. The molecule has 0 bridgehead atoms. The Bertz CT molecular complexity index is 991. The highest BCUT2D eigenvalue weighted by Crippen LogP contribution is 2.14. The first-order valence-electron chi connectivity index (χ1n) is 11.0. The molecule has 0 radical (unpaired) electrons. The predicted molar refractivity (Wildman–Crippen MR) is 142 cm³/mol. The number of nitrogens with zero attached hydrogens (tertiary/aromatic N) is 5. The Balaban J connectivity index is 0.00000363. The molecule has 3 aromatic rings. The maximum Gasteiger partial charge on any atom is 0.191 e. The maximum atomic E-state index is 4.53. The summed E-state index contributed by atoms with van der Waals surface area (Å²) >= 11 is 0. The fraction of sp³-hybridized carbons (Fsp3) is 0.458. The number of aliphatic imine (C=N–C) groups is 1. The van der Waals surface area contributed by atoms with E-state index in [1.54, 1.807) is 7.05 Å². The summed E-state index contributed by atoms with van der Waals surface area (Å²) in [6.45, 7) is 7.94. The van der Waals surface area contributed by atoms with Crippen molar-refractivity contribution in [3.8, 4) is 0 Å². The molecule has 0 aliphatic heterocycles. The van der Waals surface area contributed by atoms with Crippen LogP contribution in [-0.2, 0) is 33.0 Å². The molecule has 174 valence electrons. The Kier molecular flexibility index (Phi) is 10.2. The van der Waals surface area contributed by atoms with Gasteiger partial charge in [-0.25, -0.2) is 4.98 Å². The normalized spacial score (nSPS) is 12.3. The molecule has 0 spiro atoms. The van der Waals surface area contributed by atoms with E-state index in [-0.39, 0.29) is 30.0 Å². The number of rotatable bonds is 9. The van der Waals surface area contributed by atoms with E-state index in [4.69, 9.17) is 0 Å². The van der Waals surface area contributed by atoms with E-state index >= 15 is 0 Å². The molecule has 0 aliphatic rings. The van der Waals surface area contributed by atoms with Crippen molar-refractivity contribution >= 4 is 29.9 Å². The molecule has 8 heteroatoms. The second-order valence-electron chi connectivity index (χ2n) is 8.07. The third-order valence-corrected chi connectivity index (χ3v) is 5.70. The standard InChI is InChI=1S/C24H35N7.HI/c1-18(16-22-19(2)29-30(5)20(22)3)28-24(25-4)27-17-23-26-13-15-31(23)14-9-12-21-10-7-6-8-11-21;/h6-8,10-11,13,15,18H,9,12,14,16-17H2,1-5H3,(H2,25,27,28);1H. The lowest BCUT2D eigenvalue weighted by molar-refractivity contribution is 0.593. The third kappa shape index (κ3) is 7.08. The van der Waals surface area contributed by atoms with Crippen LogP contribution in [0.1, 0.15) is 41.7 Å². The first kappa shape index (κ1) is 25.9. The van der Waals surface area contributed by atoms with E-state index in [1.165, 1.54) is 16.8 Å². The number of aromatic nitrogens is 4. The van der Waals surface area contributed by atoms with Gasteiger partial charge in [-0.2, -0.15) is 5.10 Å². The minimum Gasteiger partial charge on any atom is -0.354 e. The van der Waals surface area contributed by atoms with Gasteiger partial charge in [-0.15, -0.1) is 24.0 Å². The number of halogens is 1. The number of aryl methyl sites for hydroxylation is 4. The SMILES string of the molecule is CN=C(NCc1nccn1CCCc1ccccc1)NC(C)Cc1c(C)nn(C)c1C.I. The molecule has 1 unspecified atom stereocenters. The van der Waals surface area contributed by atoms with Gasteiger partial charge >= 0.3 is 0 Å². The van der Waals surface area contributed by atoms with Crippen molar-refractivity contribution < 1.29 is 0 Å². The lowest BCUT2D eigenvalue weighted by Crippen LogP contribution is -2.43. The fourth-order valence-corrected chi connectivity index (χ4v) is 3.87. The van der Waals surface area contributed by atoms with E-state index < -0.39 is 0 Å². The van der Waals surface area contributed by atoms with Crippen molar-refractivity contribution in [1.29, 1.82) is 0 Å². The van der Waals surface area contributed by atoms with Gasteiger partial charge in [0, 0.05) is 44.8 Å². The zero-order chi connectivity index (χ0) is 22.2. The minimum absolute atomic E-state index is 0. The van der Waals surface area contributed by atoms with Crippen LogP contribution in [0.25, 0.3) is 0 Å². The predicted octanol–water partition coefficient (Wildman–Crippen LogP) is 3.78. The largest absolute Gasteiger partial charge is 0.354 e. The minimum atomic E-state index is 0. The number of hydrogen-bond acceptors (Lipinski definition) is 3. The lowest BCUT2D eigenvalue weighted by atomic mass is 10.1. The quantitative estimate of drug-likeness (QED) is 0.242. The number of hydrogen-bond donors (Lipinski definition) is 2. The Morgan fingerprint density at radius 1 is 1.19 bits per heavy atom. The highest BCUT2D eigenvalue weighted by atomic mass is 127. The van der Waals surface area contributed by atoms with Gasteiger partial charge in [-0.3, -0.25) is 9.67 Å². The lowest BCUT2D eigenvalue weighted by Gasteiger charge is -2.18. The molecule has 32 heavy (non-hydrogen) atoms. The molecule has 0 amide bonds. The summed E-state index contributed by atoms with van der Waals surface area (Å²) < 4.78 is 4.16. The molecule has 0 aliphatic carbocycles. The Morgan fingerprint density at radius 2 is 1.94 bits per heavy atom. The molecular formula is C24H36IN7. The summed E-state index contributed by atoms with van der Waals surface area (Å²) in [7, 11) is 3.79. The van der Waals surface area contributed by atoms with E-state index in [0.29, 0.717) is 6.54 Å². The van der Waals surface area contributed by atoms with Crippen molar-refractivity contribution in [3.05, 3.63) is 71.1 Å². The number of imidazole rings is 1. The molecule has 0 saturated carbocycles. The van der Waals surface area contributed by atoms with Crippen LogP contribution in [0.15, 0.2) is 47.7 Å². The van der Waals surface area contributed by atoms with E-state index in [1.807, 2.05) is 17.9 Å². The van der Waals surface area contributed by atoms with E-state index in [2.05, 4.69) is 87.6 Å². The zero-order valence-corrected chi connectivity index (χ0v) is 22.1. The van der Waals surface area contributed by atoms with Crippen molar-refractivity contribution in [2.75, 3.05) is 7.05 Å². The van der Waals surface area contributed by atoms with Crippen molar-refractivity contribution in [2.24, 2.45) is 12.0 Å².